The molecule has 0 N–H and O–H groups in total. The van der Waals surface area contributed by atoms with E-state index in [1.807, 2.05) is 0 Å². The summed E-state index contributed by atoms with van der Waals surface area (Å²) < 4.78 is 6.25. The van der Waals surface area contributed by atoms with Crippen molar-refractivity contribution in [2.45, 2.75) is 20.4 Å². The average molecular weight is 291 g/mol. The Morgan fingerprint density at radius 1 is 1.33 bits per heavy atom. The van der Waals surface area contributed by atoms with Gasteiger partial charge in [0.15, 0.2) is 5.65 Å². The van der Waals surface area contributed by atoms with E-state index >= 15 is 0 Å². The van der Waals surface area contributed by atoms with Crippen molar-refractivity contribution >= 4 is 23.1 Å². The maximum atomic E-state index is 12.3. The minimum absolute atomic E-state index is 0.181. The van der Waals surface area contributed by atoms with Crippen LogP contribution in [0.15, 0.2) is 11.0 Å². The van der Waals surface area contributed by atoms with Crippen molar-refractivity contribution in [1.82, 2.24) is 19.5 Å². The standard InChI is InChI=1S/C13H17N5O3/c1-5-18-10-8(7-14-13(16-10)17(3)4)15-9(11(18)19)12(20)21-6-2/h7H,5-6H2,1-4H3. The third kappa shape index (κ3) is 2.69. The highest BCUT2D eigenvalue weighted by Crippen LogP contribution is 2.11. The molecule has 8 heteroatoms. The number of aryl methyl sites for hydroxylation is 1. The van der Waals surface area contributed by atoms with Crippen molar-refractivity contribution in [1.29, 1.82) is 0 Å². The molecule has 8 nitrogen and oxygen atoms in total. The number of anilines is 1. The summed E-state index contributed by atoms with van der Waals surface area (Å²) in [4.78, 5) is 38.4. The number of fused-ring (bicyclic) bond motifs is 1. The fourth-order valence-electron chi connectivity index (χ4n) is 1.87. The first-order valence-electron chi connectivity index (χ1n) is 6.61. The Bertz CT molecular complexity index is 738. The van der Waals surface area contributed by atoms with Crippen LogP contribution in [-0.4, -0.2) is 46.2 Å². The minimum Gasteiger partial charge on any atom is -0.461 e. The molecule has 0 aliphatic carbocycles. The number of nitrogens with zero attached hydrogens (tertiary/aromatic N) is 5. The molecule has 2 aromatic rings. The summed E-state index contributed by atoms with van der Waals surface area (Å²) >= 11 is 0. The van der Waals surface area contributed by atoms with E-state index in [0.29, 0.717) is 23.7 Å². The molecule has 0 saturated carbocycles. The van der Waals surface area contributed by atoms with Crippen molar-refractivity contribution in [2.24, 2.45) is 0 Å². The van der Waals surface area contributed by atoms with Gasteiger partial charge in [0, 0.05) is 20.6 Å². The van der Waals surface area contributed by atoms with E-state index in [1.54, 1.807) is 32.8 Å². The van der Waals surface area contributed by atoms with Gasteiger partial charge in [0.05, 0.1) is 12.8 Å². The van der Waals surface area contributed by atoms with E-state index in [0.717, 1.165) is 0 Å². The second kappa shape index (κ2) is 5.86. The van der Waals surface area contributed by atoms with Gasteiger partial charge in [-0.2, -0.15) is 4.98 Å². The third-order valence-electron chi connectivity index (χ3n) is 2.86. The minimum atomic E-state index is -0.733. The summed E-state index contributed by atoms with van der Waals surface area (Å²) in [6.07, 6.45) is 1.49. The molecule has 0 amide bonds. The normalized spacial score (nSPS) is 10.7. The van der Waals surface area contributed by atoms with Gasteiger partial charge >= 0.3 is 5.97 Å². The van der Waals surface area contributed by atoms with Crippen LogP contribution in [0.1, 0.15) is 24.3 Å². The molecule has 21 heavy (non-hydrogen) atoms. The monoisotopic (exact) mass is 291 g/mol. The van der Waals surface area contributed by atoms with Gasteiger partial charge in [0.25, 0.3) is 5.56 Å². The summed E-state index contributed by atoms with van der Waals surface area (Å²) in [6.45, 7) is 4.02. The first-order chi connectivity index (χ1) is 9.99. The van der Waals surface area contributed by atoms with E-state index < -0.39 is 11.5 Å². The zero-order valence-electron chi connectivity index (χ0n) is 12.5. The van der Waals surface area contributed by atoms with Crippen LogP contribution in [0.4, 0.5) is 5.95 Å². The summed E-state index contributed by atoms with van der Waals surface area (Å²) in [5, 5.41) is 0. The molecule has 0 aliphatic rings. The Balaban J connectivity index is 2.73. The van der Waals surface area contributed by atoms with E-state index in [1.165, 1.54) is 10.8 Å². The highest BCUT2D eigenvalue weighted by molar-refractivity contribution is 5.89. The lowest BCUT2D eigenvalue weighted by Crippen LogP contribution is -2.30. The molecule has 0 aromatic carbocycles. The van der Waals surface area contributed by atoms with Crippen LogP contribution in [0.25, 0.3) is 11.2 Å². The lowest BCUT2D eigenvalue weighted by Gasteiger charge is -2.13. The van der Waals surface area contributed by atoms with Crippen LogP contribution in [0.2, 0.25) is 0 Å². The van der Waals surface area contributed by atoms with Crippen LogP contribution < -0.4 is 10.5 Å². The van der Waals surface area contributed by atoms with Crippen LogP contribution in [-0.2, 0) is 11.3 Å². The predicted octanol–water partition coefficient (Wildman–Crippen LogP) is 0.449. The maximum Gasteiger partial charge on any atom is 0.362 e. The highest BCUT2D eigenvalue weighted by atomic mass is 16.5. The maximum absolute atomic E-state index is 12.3. The fourth-order valence-corrected chi connectivity index (χ4v) is 1.87. The zero-order chi connectivity index (χ0) is 15.6. The second-order valence-electron chi connectivity index (χ2n) is 4.50. The molecule has 0 spiro atoms. The molecular formula is C13H17N5O3. The lowest BCUT2D eigenvalue weighted by molar-refractivity contribution is 0.0517. The molecule has 2 heterocycles. The smallest absolute Gasteiger partial charge is 0.362 e. The van der Waals surface area contributed by atoms with E-state index in [2.05, 4.69) is 15.0 Å². The Morgan fingerprint density at radius 3 is 2.62 bits per heavy atom. The van der Waals surface area contributed by atoms with Crippen molar-refractivity contribution in [3.05, 3.63) is 22.2 Å². The van der Waals surface area contributed by atoms with Crippen LogP contribution >= 0.6 is 0 Å². The van der Waals surface area contributed by atoms with Gasteiger partial charge in [0.2, 0.25) is 11.6 Å². The first-order valence-corrected chi connectivity index (χ1v) is 6.61. The van der Waals surface area contributed by atoms with Gasteiger partial charge in [-0.1, -0.05) is 0 Å². The molecule has 0 saturated heterocycles. The Labute approximate surface area is 121 Å². The van der Waals surface area contributed by atoms with Gasteiger partial charge in [-0.25, -0.2) is 14.8 Å². The van der Waals surface area contributed by atoms with Gasteiger partial charge in [-0.15, -0.1) is 0 Å². The van der Waals surface area contributed by atoms with E-state index in [4.69, 9.17) is 4.74 Å². The van der Waals surface area contributed by atoms with Crippen LogP contribution in [0, 0.1) is 0 Å². The molecule has 0 aliphatic heterocycles. The SMILES string of the molecule is CCOC(=O)c1nc2cnc(N(C)C)nc2n(CC)c1=O. The van der Waals surface area contributed by atoms with Crippen molar-refractivity contribution in [2.75, 3.05) is 25.6 Å². The molecule has 0 bridgehead atoms. The number of hydrogen-bond acceptors (Lipinski definition) is 7. The Kier molecular flexibility index (Phi) is 4.15. The Morgan fingerprint density at radius 2 is 2.05 bits per heavy atom. The second-order valence-corrected chi connectivity index (χ2v) is 4.50. The molecular weight excluding hydrogens is 274 g/mol. The van der Waals surface area contributed by atoms with Crippen molar-refractivity contribution in [3.63, 3.8) is 0 Å². The molecule has 112 valence electrons. The highest BCUT2D eigenvalue weighted by Gasteiger charge is 2.19. The number of hydrogen-bond donors (Lipinski definition) is 0. The summed E-state index contributed by atoms with van der Waals surface area (Å²) in [6, 6.07) is 0. The summed E-state index contributed by atoms with van der Waals surface area (Å²) in [5.41, 5.74) is 0.0265. The lowest BCUT2D eigenvalue weighted by atomic mass is 10.4. The molecule has 2 aromatic heterocycles. The topological polar surface area (TPSA) is 90.2 Å². The molecule has 0 atom stereocenters. The van der Waals surface area contributed by atoms with Crippen molar-refractivity contribution in [3.8, 4) is 0 Å². The van der Waals surface area contributed by atoms with E-state index in [9.17, 15) is 9.59 Å². The van der Waals surface area contributed by atoms with Crippen molar-refractivity contribution < 1.29 is 9.53 Å². The Hall–Kier alpha value is -2.51. The molecule has 0 fully saturated rings. The predicted molar refractivity (Wildman–Crippen MR) is 77.6 cm³/mol. The van der Waals surface area contributed by atoms with Gasteiger partial charge in [-0.05, 0) is 13.8 Å². The van der Waals surface area contributed by atoms with Gasteiger partial charge < -0.3 is 9.64 Å². The van der Waals surface area contributed by atoms with Gasteiger partial charge in [-0.3, -0.25) is 9.36 Å². The number of carbonyl (C=O) groups excluding carboxylic acids is 1. The quantitative estimate of drug-likeness (QED) is 0.755. The first kappa shape index (κ1) is 14.9. The van der Waals surface area contributed by atoms with Crippen LogP contribution in [0.5, 0.6) is 0 Å². The van der Waals surface area contributed by atoms with Crippen LogP contribution in [0.3, 0.4) is 0 Å². The largest absolute Gasteiger partial charge is 0.461 e. The number of aromatic nitrogens is 4. The number of carbonyl (C=O) groups is 1. The average Bonchev–Trinajstić information content (AvgIpc) is 2.46. The number of esters is 1. The number of rotatable bonds is 4. The number of ether oxygens (including phenoxy) is 1. The molecule has 0 unspecified atom stereocenters. The zero-order valence-corrected chi connectivity index (χ0v) is 12.5. The third-order valence-corrected chi connectivity index (χ3v) is 2.86. The van der Waals surface area contributed by atoms with E-state index in [-0.39, 0.29) is 12.3 Å². The summed E-state index contributed by atoms with van der Waals surface area (Å²) in [7, 11) is 3.60. The molecule has 0 radical (unpaired) electrons. The summed E-state index contributed by atoms with van der Waals surface area (Å²) in [5.74, 6) is -0.266. The molecule has 2 rings (SSSR count). The fraction of sp³-hybridized carbons (Fsp3) is 0.462. The van der Waals surface area contributed by atoms with Gasteiger partial charge in [0.1, 0.15) is 5.52 Å².